The Bertz CT molecular complexity index is 1000. The molecule has 0 fully saturated rings. The minimum absolute atomic E-state index is 0.189. The maximum Gasteiger partial charge on any atom is 0.276 e. The topological polar surface area (TPSA) is 29.4 Å². The molecular formula is C25H20NOP. The van der Waals surface area contributed by atoms with Crippen molar-refractivity contribution in [2.75, 3.05) is 0 Å². The first-order valence-corrected chi connectivity index (χ1v) is 10.9. The van der Waals surface area contributed by atoms with Gasteiger partial charge in [0.2, 0.25) is 0 Å². The highest BCUT2D eigenvalue weighted by atomic mass is 31.2. The second kappa shape index (κ2) is 8.21. The molecule has 4 aromatic carbocycles. The molecule has 0 spiro atoms. The van der Waals surface area contributed by atoms with E-state index in [0.717, 1.165) is 15.9 Å². The molecule has 4 aromatic rings. The van der Waals surface area contributed by atoms with Gasteiger partial charge in [-0.05, 0) is 12.1 Å². The number of carbonyl (C=O) groups is 1. The van der Waals surface area contributed by atoms with Gasteiger partial charge in [-0.1, -0.05) is 109 Å². The maximum atomic E-state index is 13.2. The molecule has 0 aliphatic rings. The molecule has 0 aliphatic heterocycles. The summed E-state index contributed by atoms with van der Waals surface area (Å²) in [5.41, 5.74) is 0.606. The van der Waals surface area contributed by atoms with E-state index in [4.69, 9.17) is 4.74 Å². The number of hydrogen-bond donors (Lipinski definition) is 0. The lowest BCUT2D eigenvalue weighted by atomic mass is 10.2. The zero-order valence-corrected chi connectivity index (χ0v) is 16.2. The van der Waals surface area contributed by atoms with Gasteiger partial charge >= 0.3 is 0 Å². The van der Waals surface area contributed by atoms with E-state index in [1.54, 1.807) is 0 Å². The van der Waals surface area contributed by atoms with E-state index in [0.29, 0.717) is 5.56 Å². The summed E-state index contributed by atoms with van der Waals surface area (Å²) < 4.78 is 4.96. The van der Waals surface area contributed by atoms with E-state index in [1.165, 1.54) is 0 Å². The van der Waals surface area contributed by atoms with Gasteiger partial charge in [0.05, 0.1) is 7.05 Å². The van der Waals surface area contributed by atoms with Gasteiger partial charge < -0.3 is 0 Å². The van der Waals surface area contributed by atoms with Gasteiger partial charge in [-0.3, -0.25) is 4.79 Å². The van der Waals surface area contributed by atoms with E-state index in [1.807, 2.05) is 84.9 Å². The summed E-state index contributed by atoms with van der Waals surface area (Å²) >= 11 is 0. The highest BCUT2D eigenvalue weighted by Crippen LogP contribution is 2.46. The Morgan fingerprint density at radius 3 is 1.18 bits per heavy atom. The highest BCUT2D eigenvalue weighted by Gasteiger charge is 2.28. The molecule has 28 heavy (non-hydrogen) atoms. The summed E-state index contributed by atoms with van der Waals surface area (Å²) in [7, 11) is -2.50. The van der Waals surface area contributed by atoms with E-state index in [2.05, 4.69) is 36.4 Å². The molecule has 4 rings (SSSR count). The SMILES string of the molecule is O=C(N=P(c1ccccc1)(c1ccccc1)c1ccccc1)c1ccccc1. The van der Waals surface area contributed by atoms with E-state index in [9.17, 15) is 4.79 Å². The molecule has 136 valence electrons. The molecule has 0 unspecified atom stereocenters. The molecule has 3 heteroatoms. The van der Waals surface area contributed by atoms with Crippen LogP contribution < -0.4 is 15.9 Å². The van der Waals surface area contributed by atoms with Crippen LogP contribution in [0, 0.1) is 0 Å². The van der Waals surface area contributed by atoms with Crippen molar-refractivity contribution in [1.82, 2.24) is 0 Å². The fourth-order valence-electron chi connectivity index (χ4n) is 3.33. The van der Waals surface area contributed by atoms with Crippen LogP contribution in [0.4, 0.5) is 0 Å². The number of rotatable bonds is 4. The molecule has 1 amide bonds. The minimum Gasteiger partial charge on any atom is -0.267 e. The second-order valence-electron chi connectivity index (χ2n) is 6.41. The zero-order chi connectivity index (χ0) is 19.2. The monoisotopic (exact) mass is 381 g/mol. The normalized spacial score (nSPS) is 11.0. The molecule has 0 saturated heterocycles. The highest BCUT2D eigenvalue weighted by molar-refractivity contribution is 7.87. The van der Waals surface area contributed by atoms with Crippen LogP contribution in [0.25, 0.3) is 0 Å². The van der Waals surface area contributed by atoms with Crippen LogP contribution in [0.1, 0.15) is 10.4 Å². The third-order valence-electron chi connectivity index (χ3n) is 4.65. The fraction of sp³-hybridized carbons (Fsp3) is 0. The average Bonchev–Trinajstić information content (AvgIpc) is 2.80. The molecule has 2 nitrogen and oxygen atoms in total. The number of carbonyl (C=O) groups excluding carboxylic acids is 1. The Morgan fingerprint density at radius 1 is 0.500 bits per heavy atom. The number of nitrogens with zero attached hydrogens (tertiary/aromatic N) is 1. The predicted molar refractivity (Wildman–Crippen MR) is 118 cm³/mol. The average molecular weight is 381 g/mol. The Labute approximate surface area is 165 Å². The molecule has 0 aromatic heterocycles. The largest absolute Gasteiger partial charge is 0.276 e. The number of amides is 1. The van der Waals surface area contributed by atoms with Crippen LogP contribution in [0.2, 0.25) is 0 Å². The van der Waals surface area contributed by atoms with Crippen LogP contribution in [0.3, 0.4) is 0 Å². The molecule has 0 bridgehead atoms. The number of benzene rings is 4. The van der Waals surface area contributed by atoms with Gasteiger partial charge in [-0.25, -0.2) is 4.74 Å². The van der Waals surface area contributed by atoms with Crippen LogP contribution in [0.5, 0.6) is 0 Å². The van der Waals surface area contributed by atoms with Crippen molar-refractivity contribution >= 4 is 28.9 Å². The van der Waals surface area contributed by atoms with Gasteiger partial charge in [-0.2, -0.15) is 0 Å². The first kappa shape index (κ1) is 18.2. The van der Waals surface area contributed by atoms with Gasteiger partial charge in [0.25, 0.3) is 5.91 Å². The van der Waals surface area contributed by atoms with Gasteiger partial charge in [0.15, 0.2) is 0 Å². The van der Waals surface area contributed by atoms with Crippen molar-refractivity contribution in [3.05, 3.63) is 127 Å². The predicted octanol–water partition coefficient (Wildman–Crippen LogP) is 5.00. The lowest BCUT2D eigenvalue weighted by molar-refractivity contribution is 0.100. The van der Waals surface area contributed by atoms with Gasteiger partial charge in [0, 0.05) is 21.5 Å². The lowest BCUT2D eigenvalue weighted by Crippen LogP contribution is -2.26. The van der Waals surface area contributed by atoms with Crippen molar-refractivity contribution in [2.24, 2.45) is 4.74 Å². The van der Waals surface area contributed by atoms with Gasteiger partial charge in [0.1, 0.15) is 0 Å². The Hall–Kier alpha value is -3.22. The summed E-state index contributed by atoms with van der Waals surface area (Å²) in [5.74, 6) is -0.189. The Morgan fingerprint density at radius 2 is 0.821 bits per heavy atom. The van der Waals surface area contributed by atoms with E-state index < -0.39 is 7.05 Å². The van der Waals surface area contributed by atoms with Crippen LogP contribution in [0.15, 0.2) is 126 Å². The molecule has 0 aliphatic carbocycles. The third kappa shape index (κ3) is 3.47. The quantitative estimate of drug-likeness (QED) is 0.457. The summed E-state index contributed by atoms with van der Waals surface area (Å²) in [4.78, 5) is 13.2. The maximum absolute atomic E-state index is 13.2. The standard InChI is InChI=1S/C25H20NOP/c27-25(21-13-5-1-6-14-21)26-28(22-15-7-2-8-16-22,23-17-9-3-10-18-23)24-19-11-4-12-20-24/h1-20H. The Balaban J connectivity index is 2.07. The molecule has 0 heterocycles. The third-order valence-corrected chi connectivity index (χ3v) is 8.27. The molecule has 0 saturated carbocycles. The zero-order valence-electron chi connectivity index (χ0n) is 15.3. The molecule has 0 N–H and O–H groups in total. The van der Waals surface area contributed by atoms with Crippen molar-refractivity contribution in [2.45, 2.75) is 0 Å². The molecule has 0 atom stereocenters. The van der Waals surface area contributed by atoms with Crippen LogP contribution in [-0.4, -0.2) is 5.91 Å². The smallest absolute Gasteiger partial charge is 0.267 e. The van der Waals surface area contributed by atoms with E-state index >= 15 is 0 Å². The summed E-state index contributed by atoms with van der Waals surface area (Å²) in [6, 6.07) is 39.8. The van der Waals surface area contributed by atoms with Crippen LogP contribution >= 0.6 is 7.05 Å². The van der Waals surface area contributed by atoms with Crippen molar-refractivity contribution < 1.29 is 4.79 Å². The van der Waals surface area contributed by atoms with Crippen LogP contribution in [-0.2, 0) is 0 Å². The summed E-state index contributed by atoms with van der Waals surface area (Å²) in [6.45, 7) is 0. The van der Waals surface area contributed by atoms with Crippen molar-refractivity contribution in [3.8, 4) is 0 Å². The van der Waals surface area contributed by atoms with Crippen molar-refractivity contribution in [1.29, 1.82) is 0 Å². The summed E-state index contributed by atoms with van der Waals surface area (Å²) in [6.07, 6.45) is 0. The Kier molecular flexibility index (Phi) is 5.32. The van der Waals surface area contributed by atoms with Crippen molar-refractivity contribution in [3.63, 3.8) is 0 Å². The molecule has 0 radical (unpaired) electrons. The van der Waals surface area contributed by atoms with Gasteiger partial charge in [-0.15, -0.1) is 0 Å². The number of hydrogen-bond acceptors (Lipinski definition) is 1. The molecular weight excluding hydrogens is 361 g/mol. The second-order valence-corrected chi connectivity index (χ2v) is 9.43. The first-order chi connectivity index (χ1) is 13.8. The van der Waals surface area contributed by atoms with E-state index in [-0.39, 0.29) is 5.91 Å². The fourth-order valence-corrected chi connectivity index (χ4v) is 6.77. The minimum atomic E-state index is -2.50. The lowest BCUT2D eigenvalue weighted by Gasteiger charge is -2.26. The first-order valence-electron chi connectivity index (χ1n) is 9.19. The summed E-state index contributed by atoms with van der Waals surface area (Å²) in [5, 5.41) is 3.20.